The van der Waals surface area contributed by atoms with E-state index in [2.05, 4.69) is 0 Å². The molecule has 0 atom stereocenters. The van der Waals surface area contributed by atoms with Crippen LogP contribution in [-0.2, 0) is 4.74 Å². The van der Waals surface area contributed by atoms with Crippen LogP contribution in [0, 0.1) is 17.1 Å². The second kappa shape index (κ2) is 8.35. The molecule has 1 rings (SSSR count). The quantitative estimate of drug-likeness (QED) is 0.673. The van der Waals surface area contributed by atoms with Crippen LogP contribution in [0.3, 0.4) is 0 Å². The van der Waals surface area contributed by atoms with E-state index in [1.807, 2.05) is 11.0 Å². The monoisotopic (exact) mass is 264 g/mol. The first-order valence-corrected chi connectivity index (χ1v) is 6.04. The molecule has 19 heavy (non-hydrogen) atoms. The van der Waals surface area contributed by atoms with Gasteiger partial charge in [-0.1, -0.05) is 12.1 Å². The minimum atomic E-state index is -0.425. The van der Waals surface area contributed by atoms with Gasteiger partial charge in [0.05, 0.1) is 19.2 Å². The minimum absolute atomic E-state index is 0.159. The van der Waals surface area contributed by atoms with Crippen molar-refractivity contribution in [3.63, 3.8) is 0 Å². The molecule has 0 saturated carbocycles. The molecule has 5 heteroatoms. The van der Waals surface area contributed by atoms with E-state index in [0.717, 1.165) is 0 Å². The van der Waals surface area contributed by atoms with Crippen LogP contribution in [0.2, 0.25) is 0 Å². The maximum atomic E-state index is 13.0. The lowest BCUT2D eigenvalue weighted by molar-refractivity contribution is 0.0898. The molecule has 0 radical (unpaired) electrons. The van der Waals surface area contributed by atoms with Crippen molar-refractivity contribution < 1.29 is 13.9 Å². The summed E-state index contributed by atoms with van der Waals surface area (Å²) in [4.78, 5) is 13.8. The van der Waals surface area contributed by atoms with Gasteiger partial charge in [0.2, 0.25) is 0 Å². The first-order chi connectivity index (χ1) is 9.17. The number of nitriles is 1. The second-order valence-electron chi connectivity index (χ2n) is 4.11. The van der Waals surface area contributed by atoms with Crippen molar-refractivity contribution in [3.8, 4) is 6.07 Å². The van der Waals surface area contributed by atoms with Crippen molar-refractivity contribution in [1.82, 2.24) is 4.90 Å². The van der Waals surface area contributed by atoms with Crippen molar-refractivity contribution in [2.75, 3.05) is 33.4 Å². The second-order valence-corrected chi connectivity index (χ2v) is 4.11. The van der Waals surface area contributed by atoms with E-state index < -0.39 is 5.82 Å². The Hall–Kier alpha value is -1.77. The average Bonchev–Trinajstić information content (AvgIpc) is 2.41. The number of carbonyl (C=O) groups is 1. The number of hydrogen-bond donors (Lipinski definition) is 0. The number of carbonyl (C=O) groups excluding carboxylic acids is 1. The number of methoxy groups -OCH3 is 1. The zero-order valence-electron chi connectivity index (χ0n) is 10.9. The van der Waals surface area contributed by atoms with Gasteiger partial charge in [-0.05, 0) is 12.1 Å². The fraction of sp³-hybridized carbons (Fsp3) is 0.429. The third-order valence-electron chi connectivity index (χ3n) is 2.67. The molecule has 1 aromatic carbocycles. The molecule has 0 unspecified atom stereocenters. The van der Waals surface area contributed by atoms with Crippen molar-refractivity contribution in [2.45, 2.75) is 6.42 Å². The van der Waals surface area contributed by atoms with Gasteiger partial charge >= 0.3 is 0 Å². The van der Waals surface area contributed by atoms with Gasteiger partial charge in [-0.15, -0.1) is 0 Å². The number of rotatable bonds is 8. The number of nitrogens with zero attached hydrogens (tertiary/aromatic N) is 2. The first-order valence-electron chi connectivity index (χ1n) is 6.04. The molecule has 0 heterocycles. The predicted molar refractivity (Wildman–Crippen MR) is 69.3 cm³/mol. The van der Waals surface area contributed by atoms with E-state index in [9.17, 15) is 9.18 Å². The van der Waals surface area contributed by atoms with Crippen LogP contribution in [0.15, 0.2) is 24.3 Å². The Kier molecular flexibility index (Phi) is 6.72. The summed E-state index contributed by atoms with van der Waals surface area (Å²) in [6, 6.07) is 7.67. The zero-order chi connectivity index (χ0) is 14.1. The largest absolute Gasteiger partial charge is 0.383 e. The van der Waals surface area contributed by atoms with Crippen LogP contribution < -0.4 is 0 Å². The van der Waals surface area contributed by atoms with Crippen molar-refractivity contribution >= 4 is 5.78 Å². The fourth-order valence-electron chi connectivity index (χ4n) is 1.65. The Morgan fingerprint density at radius 1 is 1.47 bits per heavy atom. The van der Waals surface area contributed by atoms with Gasteiger partial charge in [0.15, 0.2) is 5.78 Å². The normalized spacial score (nSPS) is 10.4. The van der Waals surface area contributed by atoms with Crippen molar-refractivity contribution in [1.29, 1.82) is 5.26 Å². The first kappa shape index (κ1) is 15.3. The summed E-state index contributed by atoms with van der Waals surface area (Å²) in [7, 11) is 1.58. The molecule has 0 aliphatic carbocycles. The number of halogens is 1. The third kappa shape index (κ3) is 5.60. The molecule has 0 bridgehead atoms. The summed E-state index contributed by atoms with van der Waals surface area (Å²) in [5.74, 6) is -0.583. The van der Waals surface area contributed by atoms with Crippen LogP contribution in [-0.4, -0.2) is 44.0 Å². The zero-order valence-corrected chi connectivity index (χ0v) is 10.9. The standard InChI is InChI=1S/C14H17FN2O2/c1-19-9-8-17(7-3-6-16)11-14(18)12-4-2-5-13(15)10-12/h2,4-5,10H,3,7-9,11H2,1H3. The van der Waals surface area contributed by atoms with Crippen molar-refractivity contribution in [2.24, 2.45) is 0 Å². The lowest BCUT2D eigenvalue weighted by Gasteiger charge is -2.19. The van der Waals surface area contributed by atoms with Gasteiger partial charge in [-0.25, -0.2) is 4.39 Å². The molecule has 102 valence electrons. The van der Waals surface area contributed by atoms with E-state index >= 15 is 0 Å². The van der Waals surface area contributed by atoms with E-state index in [0.29, 0.717) is 31.7 Å². The summed E-state index contributed by atoms with van der Waals surface area (Å²) in [5, 5.41) is 8.59. The summed E-state index contributed by atoms with van der Waals surface area (Å²) < 4.78 is 18.0. The Balaban J connectivity index is 2.61. The molecule has 0 fully saturated rings. The lowest BCUT2D eigenvalue weighted by Crippen LogP contribution is -2.33. The fourth-order valence-corrected chi connectivity index (χ4v) is 1.65. The van der Waals surface area contributed by atoms with Gasteiger partial charge in [0.25, 0.3) is 0 Å². The highest BCUT2D eigenvalue weighted by atomic mass is 19.1. The topological polar surface area (TPSA) is 53.3 Å². The SMILES string of the molecule is COCCN(CCC#N)CC(=O)c1cccc(F)c1. The molecule has 0 aliphatic heterocycles. The highest BCUT2D eigenvalue weighted by Crippen LogP contribution is 2.06. The summed E-state index contributed by atoms with van der Waals surface area (Å²) in [5.41, 5.74) is 0.347. The molecule has 0 amide bonds. The Bertz CT molecular complexity index is 457. The number of ketones is 1. The van der Waals surface area contributed by atoms with Gasteiger partial charge in [-0.2, -0.15) is 5.26 Å². The average molecular weight is 264 g/mol. The summed E-state index contributed by atoms with van der Waals surface area (Å²) in [6.45, 7) is 1.72. The maximum absolute atomic E-state index is 13.0. The van der Waals surface area contributed by atoms with Crippen LogP contribution in [0.25, 0.3) is 0 Å². The number of benzene rings is 1. The molecule has 4 nitrogen and oxygen atoms in total. The molecule has 0 aromatic heterocycles. The van der Waals surface area contributed by atoms with Gasteiger partial charge in [0.1, 0.15) is 5.82 Å². The van der Waals surface area contributed by atoms with E-state index in [-0.39, 0.29) is 12.3 Å². The molecule has 0 saturated heterocycles. The summed E-state index contributed by atoms with van der Waals surface area (Å²) in [6.07, 6.45) is 0.347. The smallest absolute Gasteiger partial charge is 0.176 e. The van der Waals surface area contributed by atoms with Crippen LogP contribution >= 0.6 is 0 Å². The number of Topliss-reactive ketones (excluding diaryl/α,β-unsaturated/α-hetero) is 1. The van der Waals surface area contributed by atoms with E-state index in [1.54, 1.807) is 13.2 Å². The van der Waals surface area contributed by atoms with Crippen LogP contribution in [0.4, 0.5) is 4.39 Å². The van der Waals surface area contributed by atoms with Crippen molar-refractivity contribution in [3.05, 3.63) is 35.6 Å². The van der Waals surface area contributed by atoms with Crippen LogP contribution in [0.1, 0.15) is 16.8 Å². The van der Waals surface area contributed by atoms with E-state index in [1.165, 1.54) is 18.2 Å². The summed E-state index contributed by atoms with van der Waals surface area (Å²) >= 11 is 0. The number of ether oxygens (including phenoxy) is 1. The molecule has 1 aromatic rings. The minimum Gasteiger partial charge on any atom is -0.383 e. The van der Waals surface area contributed by atoms with Gasteiger partial charge in [0, 0.05) is 32.2 Å². The molecule has 0 aliphatic rings. The molecular formula is C14H17FN2O2. The van der Waals surface area contributed by atoms with Crippen LogP contribution in [0.5, 0.6) is 0 Å². The maximum Gasteiger partial charge on any atom is 0.176 e. The lowest BCUT2D eigenvalue weighted by atomic mass is 10.1. The van der Waals surface area contributed by atoms with Gasteiger partial charge < -0.3 is 4.74 Å². The highest BCUT2D eigenvalue weighted by Gasteiger charge is 2.12. The number of hydrogen-bond acceptors (Lipinski definition) is 4. The Morgan fingerprint density at radius 3 is 2.89 bits per heavy atom. The molecule has 0 spiro atoms. The Morgan fingerprint density at radius 2 is 2.26 bits per heavy atom. The predicted octanol–water partition coefficient (Wildman–Crippen LogP) is 1.87. The molecular weight excluding hydrogens is 247 g/mol. The highest BCUT2D eigenvalue weighted by molar-refractivity contribution is 5.97. The third-order valence-corrected chi connectivity index (χ3v) is 2.67. The Labute approximate surface area is 112 Å². The van der Waals surface area contributed by atoms with Gasteiger partial charge in [-0.3, -0.25) is 9.69 Å². The van der Waals surface area contributed by atoms with E-state index in [4.69, 9.17) is 10.00 Å². The molecule has 0 N–H and O–H groups in total.